The summed E-state index contributed by atoms with van der Waals surface area (Å²) in [5.74, 6) is 0.879. The average Bonchev–Trinajstić information content (AvgIpc) is 3.01. The maximum Gasteiger partial charge on any atom is 1.00 e. The van der Waals surface area contributed by atoms with Gasteiger partial charge in [-0.05, 0) is 84.2 Å². The molecule has 5 nitrogen and oxygen atoms in total. The van der Waals surface area contributed by atoms with Crippen LogP contribution in [0.15, 0.2) is 77.7 Å². The van der Waals surface area contributed by atoms with Gasteiger partial charge in [0.2, 0.25) is 0 Å². The monoisotopic (exact) mass is 612 g/mol. The van der Waals surface area contributed by atoms with Gasteiger partial charge in [-0.1, -0.05) is 80.6 Å². The van der Waals surface area contributed by atoms with Gasteiger partial charge < -0.3 is 15.2 Å². The fourth-order valence-electron chi connectivity index (χ4n) is 5.60. The largest absolute Gasteiger partial charge is 1.00 e. The topological polar surface area (TPSA) is 75.6 Å². The van der Waals surface area contributed by atoms with Crippen molar-refractivity contribution in [1.82, 2.24) is 5.32 Å². The van der Waals surface area contributed by atoms with Gasteiger partial charge in [-0.2, -0.15) is 11.8 Å². The zero-order chi connectivity index (χ0) is 29.7. The van der Waals surface area contributed by atoms with Crippen molar-refractivity contribution >= 4 is 35.4 Å². The van der Waals surface area contributed by atoms with E-state index in [2.05, 4.69) is 29.6 Å². The number of ether oxygens (including phenoxy) is 1. The molecule has 1 saturated carbocycles. The number of hydrogen-bond acceptors (Lipinski definition) is 5. The van der Waals surface area contributed by atoms with Crippen LogP contribution >= 0.6 is 23.5 Å². The van der Waals surface area contributed by atoms with E-state index in [9.17, 15) is 14.7 Å². The van der Waals surface area contributed by atoms with Crippen LogP contribution in [0.2, 0.25) is 0 Å². The van der Waals surface area contributed by atoms with Crippen molar-refractivity contribution < 1.29 is 38.3 Å². The second-order valence-corrected chi connectivity index (χ2v) is 13.2. The number of aryl methyl sites for hydroxylation is 1. The number of carbonyl (C=O) groups is 2. The zero-order valence-corrected chi connectivity index (χ0v) is 27.4. The summed E-state index contributed by atoms with van der Waals surface area (Å²) in [7, 11) is 0. The molecule has 1 aliphatic carbocycles. The molecule has 2 unspecified atom stereocenters. The number of aliphatic carboxylic acids is 1. The smallest absolute Gasteiger partial charge is 0.480 e. The normalized spacial score (nSPS) is 14.8. The van der Waals surface area contributed by atoms with Gasteiger partial charge in [0, 0.05) is 16.2 Å². The molecule has 224 valence electrons. The molecular formula is C35H43LiNO4S2+. The molecule has 4 rings (SSSR count). The Morgan fingerprint density at radius 1 is 0.977 bits per heavy atom. The van der Waals surface area contributed by atoms with Crippen LogP contribution in [0.5, 0.6) is 0 Å². The first kappa shape index (κ1) is 35.3. The molecule has 0 radical (unpaired) electrons. The molecule has 2 atom stereocenters. The third kappa shape index (κ3) is 11.1. The van der Waals surface area contributed by atoms with Crippen LogP contribution in [-0.2, 0) is 16.1 Å². The molecule has 0 saturated heterocycles. The number of carbonyl (C=O) groups excluding carboxylic acids is 1. The van der Waals surface area contributed by atoms with Crippen molar-refractivity contribution in [1.29, 1.82) is 0 Å². The molecule has 0 bridgehead atoms. The molecule has 0 spiro atoms. The van der Waals surface area contributed by atoms with Crippen LogP contribution in [-0.4, -0.2) is 46.9 Å². The van der Waals surface area contributed by atoms with E-state index in [1.165, 1.54) is 37.0 Å². The summed E-state index contributed by atoms with van der Waals surface area (Å²) in [5.41, 5.74) is 4.28. The van der Waals surface area contributed by atoms with Crippen molar-refractivity contribution in [3.05, 3.63) is 89.5 Å². The fraction of sp³-hybridized carbons (Fsp3) is 0.429. The van der Waals surface area contributed by atoms with Gasteiger partial charge in [-0.25, -0.2) is 4.79 Å². The molecule has 3 aromatic rings. The van der Waals surface area contributed by atoms with E-state index < -0.39 is 12.0 Å². The summed E-state index contributed by atoms with van der Waals surface area (Å²) in [6.45, 7) is 2.48. The minimum absolute atomic E-state index is 0. The predicted octanol–water partition coefficient (Wildman–Crippen LogP) is 5.25. The average molecular weight is 613 g/mol. The molecule has 3 aromatic carbocycles. The number of hydrogen-bond donors (Lipinski definition) is 2. The van der Waals surface area contributed by atoms with Gasteiger partial charge in [0.25, 0.3) is 5.91 Å². The molecule has 2 N–H and O–H groups in total. The Labute approximate surface area is 277 Å². The molecule has 43 heavy (non-hydrogen) atoms. The number of rotatable bonds is 15. The van der Waals surface area contributed by atoms with Gasteiger partial charge in [-0.3, -0.25) is 4.79 Å². The Hall–Kier alpha value is -2.14. The first-order valence-corrected chi connectivity index (χ1v) is 17.3. The van der Waals surface area contributed by atoms with Crippen molar-refractivity contribution in [2.24, 2.45) is 5.92 Å². The summed E-state index contributed by atoms with van der Waals surface area (Å²) in [5, 5.41) is 12.4. The van der Waals surface area contributed by atoms with Gasteiger partial charge in [0.15, 0.2) is 0 Å². The molecule has 1 aliphatic rings. The SMILES string of the molecule is CSCCC(NC(=O)c1ccc(COC(CSc2ccccc2)CC2CCCCC2)cc1-c1ccccc1C)C(=O)O.[Li+]. The van der Waals surface area contributed by atoms with Gasteiger partial charge in [0.05, 0.1) is 12.7 Å². The predicted molar refractivity (Wildman–Crippen MR) is 175 cm³/mol. The Kier molecular flexibility index (Phi) is 15.3. The second-order valence-electron chi connectivity index (χ2n) is 11.1. The van der Waals surface area contributed by atoms with Crippen LogP contribution in [0.4, 0.5) is 0 Å². The van der Waals surface area contributed by atoms with Crippen molar-refractivity contribution in [2.75, 3.05) is 17.8 Å². The van der Waals surface area contributed by atoms with Crippen molar-refractivity contribution in [2.45, 2.75) is 75.5 Å². The summed E-state index contributed by atoms with van der Waals surface area (Å²) in [6, 6.07) is 23.3. The Morgan fingerprint density at radius 3 is 2.40 bits per heavy atom. The van der Waals surface area contributed by atoms with E-state index in [0.29, 0.717) is 30.3 Å². The number of benzene rings is 3. The van der Waals surface area contributed by atoms with Gasteiger partial charge in [0.1, 0.15) is 6.04 Å². The maximum absolute atomic E-state index is 13.4. The minimum atomic E-state index is -1.02. The number of carboxylic acid groups (broad SMARTS) is 1. The van der Waals surface area contributed by atoms with E-state index in [-0.39, 0.29) is 30.9 Å². The summed E-state index contributed by atoms with van der Waals surface area (Å²) < 4.78 is 6.61. The Morgan fingerprint density at radius 2 is 1.70 bits per heavy atom. The van der Waals surface area contributed by atoms with Crippen LogP contribution in [0, 0.1) is 12.8 Å². The van der Waals surface area contributed by atoms with Gasteiger partial charge >= 0.3 is 24.8 Å². The van der Waals surface area contributed by atoms with E-state index in [0.717, 1.165) is 34.4 Å². The first-order chi connectivity index (χ1) is 20.4. The third-order valence-electron chi connectivity index (χ3n) is 7.96. The Bertz CT molecular complexity index is 1300. The van der Waals surface area contributed by atoms with Crippen LogP contribution in [0.1, 0.15) is 66.4 Å². The first-order valence-electron chi connectivity index (χ1n) is 15.0. The third-order valence-corrected chi connectivity index (χ3v) is 9.75. The number of nitrogens with one attached hydrogen (secondary N) is 1. The number of carboxylic acids is 1. The van der Waals surface area contributed by atoms with Crippen LogP contribution < -0.4 is 24.2 Å². The molecule has 0 heterocycles. The standard InChI is InChI=1S/C35H43NO4S2.Li/c1-25-11-9-10-16-30(25)32-22-27(17-18-31(32)34(37)36-33(35(38)39)19-20-41-2)23-40-28(21-26-12-5-3-6-13-26)24-42-29-14-7-4-8-15-29;/h4,7-11,14-18,22,26,28,33H,3,5-6,12-13,19-21,23-24H2,1-2H3,(H,36,37)(H,38,39);/q;+1. The summed E-state index contributed by atoms with van der Waals surface area (Å²) in [6.07, 6.45) is 10.0. The number of thioether (sulfide) groups is 2. The minimum Gasteiger partial charge on any atom is -0.480 e. The number of amides is 1. The van der Waals surface area contributed by atoms with E-state index >= 15 is 0 Å². The zero-order valence-electron chi connectivity index (χ0n) is 25.7. The molecule has 8 heteroatoms. The maximum atomic E-state index is 13.4. The van der Waals surface area contributed by atoms with Crippen molar-refractivity contribution in [3.8, 4) is 11.1 Å². The Balaban J connectivity index is 0.00000506. The summed E-state index contributed by atoms with van der Waals surface area (Å²) in [4.78, 5) is 26.5. The second kappa shape index (κ2) is 18.6. The van der Waals surface area contributed by atoms with Crippen LogP contribution in [0.25, 0.3) is 11.1 Å². The van der Waals surface area contributed by atoms with Crippen LogP contribution in [0.3, 0.4) is 0 Å². The molecule has 0 aromatic heterocycles. The molecular weight excluding hydrogens is 569 g/mol. The molecule has 1 amide bonds. The quantitative estimate of drug-likeness (QED) is 0.181. The van der Waals surface area contributed by atoms with E-state index in [1.807, 2.05) is 73.5 Å². The van der Waals surface area contributed by atoms with Crippen molar-refractivity contribution in [3.63, 3.8) is 0 Å². The van der Waals surface area contributed by atoms with Gasteiger partial charge in [-0.15, -0.1) is 11.8 Å². The fourth-order valence-corrected chi connectivity index (χ4v) is 7.04. The molecule has 1 fully saturated rings. The van der Waals surface area contributed by atoms with E-state index in [4.69, 9.17) is 4.74 Å². The molecule has 0 aliphatic heterocycles. The van der Waals surface area contributed by atoms with E-state index in [1.54, 1.807) is 11.8 Å². The summed E-state index contributed by atoms with van der Waals surface area (Å²) >= 11 is 3.41.